The summed E-state index contributed by atoms with van der Waals surface area (Å²) in [5.41, 5.74) is 1.75. The Bertz CT molecular complexity index is 582. The Morgan fingerprint density at radius 3 is 2.95 bits per heavy atom. The molecule has 0 aliphatic carbocycles. The molecule has 5 nitrogen and oxygen atoms in total. The van der Waals surface area contributed by atoms with Crippen molar-refractivity contribution in [1.82, 2.24) is 14.9 Å². The minimum absolute atomic E-state index is 0.0746. The average Bonchev–Trinajstić information content (AvgIpc) is 2.86. The minimum Gasteiger partial charge on any atom is -0.328 e. The molecule has 0 aliphatic heterocycles. The highest BCUT2D eigenvalue weighted by Gasteiger charge is 2.06. The maximum Gasteiger partial charge on any atom is 0.244 e. The van der Waals surface area contributed by atoms with Gasteiger partial charge in [0.1, 0.15) is 6.54 Å². The molecule has 0 bridgehead atoms. The molecule has 0 unspecified atom stereocenters. The fraction of sp³-hybridized carbons (Fsp3) is 0.286. The number of anilines is 1. The van der Waals surface area contributed by atoms with E-state index in [4.69, 9.17) is 0 Å². The van der Waals surface area contributed by atoms with Crippen molar-refractivity contribution in [3.05, 3.63) is 47.0 Å². The zero-order valence-electron chi connectivity index (χ0n) is 11.3. The summed E-state index contributed by atoms with van der Waals surface area (Å²) >= 11 is 3.40. The van der Waals surface area contributed by atoms with Crippen LogP contribution in [-0.2, 0) is 17.8 Å². The number of carbonyl (C=O) groups excluding carboxylic acids is 1. The van der Waals surface area contributed by atoms with Crippen molar-refractivity contribution in [2.75, 3.05) is 18.9 Å². The number of likely N-dealkylation sites (N-methyl/N-ethyl adjacent to an activating group) is 1. The Balaban J connectivity index is 1.91. The first-order valence-electron chi connectivity index (χ1n) is 6.38. The minimum atomic E-state index is -0.0746. The van der Waals surface area contributed by atoms with E-state index in [9.17, 15) is 4.79 Å². The number of para-hydroxylation sites is 1. The molecular weight excluding hydrogens is 320 g/mol. The molecule has 0 atom stereocenters. The van der Waals surface area contributed by atoms with Crippen molar-refractivity contribution in [3.63, 3.8) is 0 Å². The van der Waals surface area contributed by atoms with E-state index in [0.29, 0.717) is 0 Å². The van der Waals surface area contributed by atoms with Crippen molar-refractivity contribution in [3.8, 4) is 0 Å². The molecule has 0 spiro atoms. The molecule has 6 heteroatoms. The second-order valence-corrected chi connectivity index (χ2v) is 5.27. The van der Waals surface area contributed by atoms with Crippen molar-refractivity contribution in [2.45, 2.75) is 13.0 Å². The largest absolute Gasteiger partial charge is 0.328 e. The predicted octanol–water partition coefficient (Wildman–Crippen LogP) is 2.05. The number of amides is 1. The van der Waals surface area contributed by atoms with Crippen molar-refractivity contribution in [1.29, 1.82) is 0 Å². The number of hydrogen-bond donors (Lipinski definition) is 2. The Morgan fingerprint density at radius 2 is 2.20 bits per heavy atom. The summed E-state index contributed by atoms with van der Waals surface area (Å²) in [5, 5.41) is 5.94. The quantitative estimate of drug-likeness (QED) is 0.848. The van der Waals surface area contributed by atoms with Gasteiger partial charge < -0.3 is 15.2 Å². The second kappa shape index (κ2) is 7.21. The molecule has 2 rings (SSSR count). The van der Waals surface area contributed by atoms with Gasteiger partial charge in [-0.25, -0.2) is 4.98 Å². The SMILES string of the molecule is CNCCc1cn(CC(=O)Nc2ccccc2Br)cn1. The molecule has 20 heavy (non-hydrogen) atoms. The maximum absolute atomic E-state index is 12.0. The number of nitrogens with zero attached hydrogens (tertiary/aromatic N) is 2. The van der Waals surface area contributed by atoms with Crippen LogP contribution < -0.4 is 10.6 Å². The van der Waals surface area contributed by atoms with Gasteiger partial charge in [0.05, 0.1) is 17.7 Å². The fourth-order valence-corrected chi connectivity index (χ4v) is 2.18. The van der Waals surface area contributed by atoms with Crippen LogP contribution in [0.2, 0.25) is 0 Å². The van der Waals surface area contributed by atoms with E-state index in [-0.39, 0.29) is 12.5 Å². The van der Waals surface area contributed by atoms with Crippen molar-refractivity contribution < 1.29 is 4.79 Å². The molecule has 1 amide bonds. The predicted molar refractivity (Wildman–Crippen MR) is 82.6 cm³/mol. The highest BCUT2D eigenvalue weighted by molar-refractivity contribution is 9.10. The summed E-state index contributed by atoms with van der Waals surface area (Å²) in [4.78, 5) is 16.2. The van der Waals surface area contributed by atoms with Gasteiger partial charge in [0.25, 0.3) is 0 Å². The molecule has 2 N–H and O–H groups in total. The summed E-state index contributed by atoms with van der Waals surface area (Å²) in [7, 11) is 1.90. The summed E-state index contributed by atoms with van der Waals surface area (Å²) in [6.07, 6.45) is 4.44. The molecule has 2 aromatic rings. The average molecular weight is 337 g/mol. The highest BCUT2D eigenvalue weighted by atomic mass is 79.9. The molecular formula is C14H17BrN4O. The lowest BCUT2D eigenvalue weighted by molar-refractivity contribution is -0.116. The molecule has 0 saturated heterocycles. The molecule has 1 heterocycles. The van der Waals surface area contributed by atoms with Gasteiger partial charge in [-0.2, -0.15) is 0 Å². The van der Waals surface area contributed by atoms with E-state index in [2.05, 4.69) is 31.5 Å². The normalized spacial score (nSPS) is 10.5. The first-order valence-corrected chi connectivity index (χ1v) is 7.18. The van der Waals surface area contributed by atoms with Crippen LogP contribution in [0.3, 0.4) is 0 Å². The van der Waals surface area contributed by atoms with Crippen LogP contribution >= 0.6 is 15.9 Å². The van der Waals surface area contributed by atoms with Crippen LogP contribution in [0.1, 0.15) is 5.69 Å². The summed E-state index contributed by atoms with van der Waals surface area (Å²) in [6, 6.07) is 7.54. The third-order valence-corrected chi connectivity index (χ3v) is 3.48. The molecule has 0 fully saturated rings. The highest BCUT2D eigenvalue weighted by Crippen LogP contribution is 2.21. The fourth-order valence-electron chi connectivity index (χ4n) is 1.79. The van der Waals surface area contributed by atoms with Gasteiger partial charge in [0.2, 0.25) is 5.91 Å². The lowest BCUT2D eigenvalue weighted by atomic mass is 10.3. The summed E-state index contributed by atoms with van der Waals surface area (Å²) in [5.74, 6) is -0.0746. The van der Waals surface area contributed by atoms with E-state index < -0.39 is 0 Å². The summed E-state index contributed by atoms with van der Waals surface area (Å²) < 4.78 is 2.66. The van der Waals surface area contributed by atoms with E-state index in [1.165, 1.54) is 0 Å². The maximum atomic E-state index is 12.0. The molecule has 106 valence electrons. The topological polar surface area (TPSA) is 59.0 Å². The van der Waals surface area contributed by atoms with E-state index >= 15 is 0 Å². The van der Waals surface area contributed by atoms with Crippen LogP contribution in [0.25, 0.3) is 0 Å². The number of carbonyl (C=O) groups is 1. The van der Waals surface area contributed by atoms with E-state index in [0.717, 1.165) is 28.8 Å². The molecule has 0 radical (unpaired) electrons. The first kappa shape index (κ1) is 14.7. The Hall–Kier alpha value is -1.66. The van der Waals surface area contributed by atoms with Gasteiger partial charge >= 0.3 is 0 Å². The molecule has 1 aromatic heterocycles. The molecule has 0 aliphatic rings. The smallest absolute Gasteiger partial charge is 0.244 e. The van der Waals surface area contributed by atoms with Crippen LogP contribution in [0, 0.1) is 0 Å². The standard InChI is InChI=1S/C14H17BrN4O/c1-16-7-6-11-8-19(10-17-11)9-14(20)18-13-5-3-2-4-12(13)15/h2-5,8,10,16H,6-7,9H2,1H3,(H,18,20). The third-order valence-electron chi connectivity index (χ3n) is 2.79. The van der Waals surface area contributed by atoms with Gasteiger partial charge in [-0.05, 0) is 35.1 Å². The van der Waals surface area contributed by atoms with E-state index in [1.807, 2.05) is 37.5 Å². The lowest BCUT2D eigenvalue weighted by Gasteiger charge is -2.07. The summed E-state index contributed by atoms with van der Waals surface area (Å²) in [6.45, 7) is 1.13. The van der Waals surface area contributed by atoms with Crippen molar-refractivity contribution >= 4 is 27.5 Å². The monoisotopic (exact) mass is 336 g/mol. The van der Waals surface area contributed by atoms with Crippen LogP contribution in [0.5, 0.6) is 0 Å². The Kier molecular flexibility index (Phi) is 5.31. The zero-order valence-corrected chi connectivity index (χ0v) is 12.9. The van der Waals surface area contributed by atoms with Crippen LogP contribution in [0.15, 0.2) is 41.3 Å². The number of benzene rings is 1. The molecule has 1 aromatic carbocycles. The molecule has 0 saturated carbocycles. The van der Waals surface area contributed by atoms with Crippen LogP contribution in [-0.4, -0.2) is 29.1 Å². The van der Waals surface area contributed by atoms with Gasteiger partial charge in [-0.3, -0.25) is 4.79 Å². The number of rotatable bonds is 6. The van der Waals surface area contributed by atoms with Crippen LogP contribution in [0.4, 0.5) is 5.69 Å². The Labute approximate surface area is 126 Å². The number of nitrogens with one attached hydrogen (secondary N) is 2. The Morgan fingerprint density at radius 1 is 1.40 bits per heavy atom. The van der Waals surface area contributed by atoms with E-state index in [1.54, 1.807) is 10.9 Å². The zero-order chi connectivity index (χ0) is 14.4. The number of halogens is 1. The van der Waals surface area contributed by atoms with Gasteiger partial charge in [-0.1, -0.05) is 12.1 Å². The van der Waals surface area contributed by atoms with Gasteiger partial charge in [0.15, 0.2) is 0 Å². The third kappa shape index (κ3) is 4.18. The van der Waals surface area contributed by atoms with Crippen molar-refractivity contribution in [2.24, 2.45) is 0 Å². The number of aromatic nitrogens is 2. The second-order valence-electron chi connectivity index (χ2n) is 4.42. The van der Waals surface area contributed by atoms with Gasteiger partial charge in [-0.15, -0.1) is 0 Å². The number of hydrogen-bond acceptors (Lipinski definition) is 3. The number of imidazole rings is 1. The lowest BCUT2D eigenvalue weighted by Crippen LogP contribution is -2.18. The van der Waals surface area contributed by atoms with Gasteiger partial charge in [0, 0.05) is 23.6 Å². The first-order chi connectivity index (χ1) is 9.69.